The number of hydrogen-bond acceptors (Lipinski definition) is 7. The van der Waals surface area contributed by atoms with Crippen molar-refractivity contribution in [3.05, 3.63) is 71.5 Å². The van der Waals surface area contributed by atoms with E-state index in [-0.39, 0.29) is 15.7 Å². The lowest BCUT2D eigenvalue weighted by molar-refractivity contribution is -0.115. The van der Waals surface area contributed by atoms with E-state index in [4.69, 9.17) is 0 Å². The van der Waals surface area contributed by atoms with Crippen molar-refractivity contribution in [2.45, 2.75) is 30.6 Å². The first-order valence-electron chi connectivity index (χ1n) is 9.76. The number of aryl methyl sites for hydroxylation is 3. The van der Waals surface area contributed by atoms with Crippen molar-refractivity contribution in [2.24, 2.45) is 0 Å². The Balaban J connectivity index is 1.61. The highest BCUT2D eigenvalue weighted by Gasteiger charge is 2.18. The van der Waals surface area contributed by atoms with Crippen molar-refractivity contribution in [3.8, 4) is 0 Å². The normalized spacial score (nSPS) is 11.7. The summed E-state index contributed by atoms with van der Waals surface area (Å²) in [6.45, 7) is 4.80. The first-order chi connectivity index (χ1) is 15.4. The summed E-state index contributed by atoms with van der Waals surface area (Å²) in [6.07, 6.45) is 0. The van der Waals surface area contributed by atoms with Gasteiger partial charge in [-0.05, 0) is 63.2 Å². The third-order valence-corrected chi connectivity index (χ3v) is 7.17. The molecule has 3 N–H and O–H groups in total. The van der Waals surface area contributed by atoms with Gasteiger partial charge in [-0.25, -0.2) is 36.2 Å². The summed E-state index contributed by atoms with van der Waals surface area (Å²) in [4.78, 5) is 20.3. The molecular weight excluding hydrogens is 466 g/mol. The van der Waals surface area contributed by atoms with E-state index in [0.717, 1.165) is 5.56 Å². The molecule has 0 aliphatic heterocycles. The van der Waals surface area contributed by atoms with Crippen LogP contribution in [0.15, 0.2) is 64.4 Å². The number of amides is 1. The minimum atomic E-state index is -3.93. The molecule has 174 valence electrons. The monoisotopic (exact) mass is 489 g/mol. The van der Waals surface area contributed by atoms with E-state index in [1.165, 1.54) is 36.4 Å². The predicted molar refractivity (Wildman–Crippen MR) is 124 cm³/mol. The maximum Gasteiger partial charge on any atom is 0.264 e. The van der Waals surface area contributed by atoms with Crippen LogP contribution < -0.4 is 14.8 Å². The van der Waals surface area contributed by atoms with E-state index in [2.05, 4.69) is 24.7 Å². The van der Waals surface area contributed by atoms with E-state index in [1.54, 1.807) is 32.0 Å². The lowest BCUT2D eigenvalue weighted by atomic mass is 10.2. The van der Waals surface area contributed by atoms with Crippen molar-refractivity contribution in [2.75, 3.05) is 16.6 Å². The summed E-state index contributed by atoms with van der Waals surface area (Å²) >= 11 is 0. The number of sulfonamides is 2. The molecule has 0 spiro atoms. The van der Waals surface area contributed by atoms with Gasteiger partial charge in [-0.2, -0.15) is 0 Å². The number of aromatic nitrogens is 2. The van der Waals surface area contributed by atoms with E-state index >= 15 is 0 Å². The van der Waals surface area contributed by atoms with Crippen molar-refractivity contribution in [1.82, 2.24) is 14.7 Å². The smallest absolute Gasteiger partial charge is 0.264 e. The van der Waals surface area contributed by atoms with Gasteiger partial charge in [-0.1, -0.05) is 17.7 Å². The second-order valence-corrected chi connectivity index (χ2v) is 10.7. The molecule has 1 aromatic heterocycles. The zero-order valence-electron chi connectivity index (χ0n) is 18.2. The average Bonchev–Trinajstić information content (AvgIpc) is 2.72. The second kappa shape index (κ2) is 9.65. The summed E-state index contributed by atoms with van der Waals surface area (Å²) in [5, 5.41) is 2.51. The average molecular weight is 490 g/mol. The van der Waals surface area contributed by atoms with Crippen LogP contribution in [-0.2, 0) is 24.8 Å². The Labute approximate surface area is 192 Å². The lowest BCUT2D eigenvalue weighted by Gasteiger charge is -2.10. The molecule has 0 unspecified atom stereocenters. The fourth-order valence-corrected chi connectivity index (χ4v) is 4.76. The Morgan fingerprint density at radius 2 is 1.30 bits per heavy atom. The molecule has 0 fully saturated rings. The number of hydrogen-bond donors (Lipinski definition) is 3. The summed E-state index contributed by atoms with van der Waals surface area (Å²) in [6, 6.07) is 13.3. The Kier molecular flexibility index (Phi) is 7.10. The number of benzene rings is 2. The molecule has 0 aliphatic carbocycles. The van der Waals surface area contributed by atoms with Crippen LogP contribution in [-0.4, -0.2) is 39.3 Å². The number of nitrogens with zero attached hydrogens (tertiary/aromatic N) is 2. The number of carbonyl (C=O) groups is 1. The Hall–Kier alpha value is -3.35. The maximum atomic E-state index is 12.6. The third-order valence-electron chi connectivity index (χ3n) is 4.41. The minimum absolute atomic E-state index is 0.0364. The van der Waals surface area contributed by atoms with Crippen molar-refractivity contribution in [1.29, 1.82) is 0 Å². The molecule has 10 nitrogen and oxygen atoms in total. The van der Waals surface area contributed by atoms with Gasteiger partial charge < -0.3 is 5.32 Å². The molecule has 1 amide bonds. The quantitative estimate of drug-likeness (QED) is 0.439. The molecule has 0 radical (unpaired) electrons. The Morgan fingerprint density at radius 3 is 1.88 bits per heavy atom. The van der Waals surface area contributed by atoms with Gasteiger partial charge in [0.2, 0.25) is 21.9 Å². The molecular formula is C21H23N5O5S2. The van der Waals surface area contributed by atoms with Crippen molar-refractivity contribution >= 4 is 37.6 Å². The first kappa shape index (κ1) is 24.3. The van der Waals surface area contributed by atoms with E-state index < -0.39 is 32.5 Å². The van der Waals surface area contributed by atoms with Crippen LogP contribution >= 0.6 is 0 Å². The molecule has 0 aliphatic rings. The zero-order valence-corrected chi connectivity index (χ0v) is 19.8. The highest BCUT2D eigenvalue weighted by atomic mass is 32.2. The summed E-state index contributed by atoms with van der Waals surface area (Å²) in [7, 11) is -7.77. The van der Waals surface area contributed by atoms with Crippen molar-refractivity contribution < 1.29 is 21.6 Å². The topological polar surface area (TPSA) is 147 Å². The highest BCUT2D eigenvalue weighted by Crippen LogP contribution is 2.17. The zero-order chi connectivity index (χ0) is 24.2. The van der Waals surface area contributed by atoms with E-state index in [9.17, 15) is 21.6 Å². The van der Waals surface area contributed by atoms with Gasteiger partial charge in [0.15, 0.2) is 0 Å². The number of nitrogens with one attached hydrogen (secondary N) is 3. The summed E-state index contributed by atoms with van der Waals surface area (Å²) in [5.41, 5.74) is 2.46. The molecule has 3 rings (SSSR count). The van der Waals surface area contributed by atoms with Crippen LogP contribution in [0.3, 0.4) is 0 Å². The van der Waals surface area contributed by atoms with Gasteiger partial charge in [0.05, 0.1) is 16.3 Å². The highest BCUT2D eigenvalue weighted by molar-refractivity contribution is 7.92. The molecule has 12 heteroatoms. The molecule has 3 aromatic rings. The largest absolute Gasteiger partial charge is 0.325 e. The van der Waals surface area contributed by atoms with Gasteiger partial charge in [-0.15, -0.1) is 0 Å². The summed E-state index contributed by atoms with van der Waals surface area (Å²) < 4.78 is 54.2. The Morgan fingerprint density at radius 1 is 0.788 bits per heavy atom. The fourth-order valence-electron chi connectivity index (χ4n) is 2.83. The van der Waals surface area contributed by atoms with Crippen LogP contribution in [0.5, 0.6) is 0 Å². The maximum absolute atomic E-state index is 12.6. The molecule has 0 saturated heterocycles. The summed E-state index contributed by atoms with van der Waals surface area (Å²) in [5.74, 6) is -0.645. The van der Waals surface area contributed by atoms with Gasteiger partial charge in [0.25, 0.3) is 10.0 Å². The molecule has 0 saturated carbocycles. The number of rotatable bonds is 8. The number of anilines is 2. The van der Waals surface area contributed by atoms with Crippen LogP contribution in [0.1, 0.15) is 17.0 Å². The van der Waals surface area contributed by atoms with Crippen LogP contribution in [0.4, 0.5) is 11.6 Å². The van der Waals surface area contributed by atoms with Crippen LogP contribution in [0, 0.1) is 20.8 Å². The van der Waals surface area contributed by atoms with Gasteiger partial charge >= 0.3 is 0 Å². The minimum Gasteiger partial charge on any atom is -0.325 e. The first-order valence-corrected chi connectivity index (χ1v) is 12.7. The molecule has 33 heavy (non-hydrogen) atoms. The standard InChI is InChI=1S/C21H23N5O5S2/c1-14-4-8-18(9-5-14)32(28,29)22-13-20(27)25-17-6-10-19(11-7-17)33(30,31)26-21-23-15(2)12-16(3)24-21/h4-12,22H,13H2,1-3H3,(H,25,27)(H,23,24,26). The molecule has 0 atom stereocenters. The van der Waals surface area contributed by atoms with Gasteiger partial charge in [0.1, 0.15) is 0 Å². The Bertz CT molecular complexity index is 1350. The lowest BCUT2D eigenvalue weighted by Crippen LogP contribution is -2.32. The number of carbonyl (C=O) groups excluding carboxylic acids is 1. The van der Waals surface area contributed by atoms with E-state index in [0.29, 0.717) is 17.1 Å². The second-order valence-electron chi connectivity index (χ2n) is 7.29. The SMILES string of the molecule is Cc1ccc(S(=O)(=O)NCC(=O)Nc2ccc(S(=O)(=O)Nc3nc(C)cc(C)n3)cc2)cc1. The van der Waals surface area contributed by atoms with Crippen LogP contribution in [0.25, 0.3) is 0 Å². The van der Waals surface area contributed by atoms with Crippen molar-refractivity contribution in [3.63, 3.8) is 0 Å². The molecule has 0 bridgehead atoms. The fraction of sp³-hybridized carbons (Fsp3) is 0.190. The van der Waals surface area contributed by atoms with E-state index in [1.807, 2.05) is 6.92 Å². The third kappa shape index (κ3) is 6.57. The van der Waals surface area contributed by atoms with Crippen LogP contribution in [0.2, 0.25) is 0 Å². The predicted octanol–water partition coefficient (Wildman–Crippen LogP) is 2.12. The molecule has 1 heterocycles. The van der Waals surface area contributed by atoms with Gasteiger partial charge in [-0.3, -0.25) is 4.79 Å². The van der Waals surface area contributed by atoms with Gasteiger partial charge in [0, 0.05) is 17.1 Å². The molecule has 2 aromatic carbocycles.